The molecule has 1 aliphatic rings. The Morgan fingerprint density at radius 1 is 1.69 bits per heavy atom. The van der Waals surface area contributed by atoms with Crippen molar-refractivity contribution >= 4 is 17.9 Å². The van der Waals surface area contributed by atoms with Gasteiger partial charge in [0.1, 0.15) is 0 Å². The summed E-state index contributed by atoms with van der Waals surface area (Å²) >= 11 is 1.78. The van der Waals surface area contributed by atoms with Crippen LogP contribution in [0.4, 0.5) is 4.79 Å². The van der Waals surface area contributed by atoms with Crippen LogP contribution in [0.1, 0.15) is 26.7 Å². The minimum atomic E-state index is -0.147. The van der Waals surface area contributed by atoms with E-state index in [9.17, 15) is 4.79 Å². The second-order valence-corrected chi connectivity index (χ2v) is 4.29. The van der Waals surface area contributed by atoms with Crippen LogP contribution in [0.5, 0.6) is 0 Å². The van der Waals surface area contributed by atoms with Crippen molar-refractivity contribution in [2.45, 2.75) is 32.7 Å². The molecule has 1 unspecified atom stereocenters. The normalized spacial score (nSPS) is 22.0. The first kappa shape index (κ1) is 10.7. The third-order valence-electron chi connectivity index (χ3n) is 2.08. The highest BCUT2D eigenvalue weighted by molar-refractivity contribution is 7.99. The van der Waals surface area contributed by atoms with Gasteiger partial charge in [0.2, 0.25) is 0 Å². The zero-order chi connectivity index (χ0) is 9.68. The van der Waals surface area contributed by atoms with E-state index in [-0.39, 0.29) is 6.09 Å². The Bertz CT molecular complexity index is 175. The summed E-state index contributed by atoms with van der Waals surface area (Å²) in [5, 5.41) is 0. The standard InChI is InChI=1S/C9H17NO2S/c1-3-4-5-12-9(11)10-7-13-6-8(10)2/h8H,3-7H2,1-2H3. The lowest BCUT2D eigenvalue weighted by Crippen LogP contribution is -2.35. The number of carbonyl (C=O) groups is 1. The van der Waals surface area contributed by atoms with Gasteiger partial charge in [0.15, 0.2) is 0 Å². The second-order valence-electron chi connectivity index (χ2n) is 3.29. The summed E-state index contributed by atoms with van der Waals surface area (Å²) in [5.41, 5.74) is 0. The molecule has 0 bridgehead atoms. The highest BCUT2D eigenvalue weighted by Crippen LogP contribution is 2.20. The fourth-order valence-corrected chi connectivity index (χ4v) is 2.34. The SMILES string of the molecule is CCCCOC(=O)N1CSCC1C. The minimum Gasteiger partial charge on any atom is -0.449 e. The van der Waals surface area contributed by atoms with Gasteiger partial charge in [-0.15, -0.1) is 11.8 Å². The molecule has 1 amide bonds. The topological polar surface area (TPSA) is 29.5 Å². The van der Waals surface area contributed by atoms with Crippen molar-refractivity contribution in [3.05, 3.63) is 0 Å². The van der Waals surface area contributed by atoms with E-state index in [4.69, 9.17) is 4.74 Å². The van der Waals surface area contributed by atoms with Crippen LogP contribution in [-0.4, -0.2) is 35.3 Å². The van der Waals surface area contributed by atoms with Gasteiger partial charge in [-0.05, 0) is 13.3 Å². The molecule has 1 aliphatic heterocycles. The molecule has 76 valence electrons. The number of unbranched alkanes of at least 4 members (excludes halogenated alkanes) is 1. The van der Waals surface area contributed by atoms with Gasteiger partial charge in [-0.1, -0.05) is 13.3 Å². The van der Waals surface area contributed by atoms with Crippen LogP contribution < -0.4 is 0 Å². The van der Waals surface area contributed by atoms with E-state index < -0.39 is 0 Å². The summed E-state index contributed by atoms with van der Waals surface area (Å²) in [7, 11) is 0. The quantitative estimate of drug-likeness (QED) is 0.659. The Balaban J connectivity index is 2.22. The van der Waals surface area contributed by atoms with E-state index in [0.29, 0.717) is 12.6 Å². The van der Waals surface area contributed by atoms with Crippen LogP contribution in [-0.2, 0) is 4.74 Å². The van der Waals surface area contributed by atoms with E-state index in [0.717, 1.165) is 24.5 Å². The summed E-state index contributed by atoms with van der Waals surface area (Å²) in [5.74, 6) is 1.81. The molecular weight excluding hydrogens is 186 g/mol. The number of ether oxygens (including phenoxy) is 1. The summed E-state index contributed by atoms with van der Waals surface area (Å²) in [6.45, 7) is 4.70. The van der Waals surface area contributed by atoms with Crippen molar-refractivity contribution in [3.63, 3.8) is 0 Å². The average Bonchev–Trinajstić information content (AvgIpc) is 2.52. The molecule has 0 aromatic heterocycles. The average molecular weight is 203 g/mol. The fraction of sp³-hybridized carbons (Fsp3) is 0.889. The van der Waals surface area contributed by atoms with Crippen LogP contribution in [0, 0.1) is 0 Å². The number of thioether (sulfide) groups is 1. The van der Waals surface area contributed by atoms with Crippen LogP contribution >= 0.6 is 11.8 Å². The van der Waals surface area contributed by atoms with Gasteiger partial charge in [-0.2, -0.15) is 0 Å². The number of hydrogen-bond donors (Lipinski definition) is 0. The Hall–Kier alpha value is -0.380. The van der Waals surface area contributed by atoms with Gasteiger partial charge in [0.05, 0.1) is 12.5 Å². The van der Waals surface area contributed by atoms with Crippen molar-refractivity contribution in [2.24, 2.45) is 0 Å². The van der Waals surface area contributed by atoms with E-state index in [1.807, 2.05) is 0 Å². The maximum Gasteiger partial charge on any atom is 0.410 e. The zero-order valence-corrected chi connectivity index (χ0v) is 9.10. The van der Waals surface area contributed by atoms with E-state index >= 15 is 0 Å². The van der Waals surface area contributed by atoms with Gasteiger partial charge in [-0.3, -0.25) is 4.90 Å². The maximum atomic E-state index is 11.4. The molecule has 0 radical (unpaired) electrons. The molecule has 1 rings (SSSR count). The number of nitrogens with zero attached hydrogens (tertiary/aromatic N) is 1. The fourth-order valence-electron chi connectivity index (χ4n) is 1.16. The van der Waals surface area contributed by atoms with Crippen LogP contribution in [0.2, 0.25) is 0 Å². The number of hydrogen-bond acceptors (Lipinski definition) is 3. The molecule has 0 aliphatic carbocycles. The smallest absolute Gasteiger partial charge is 0.410 e. The van der Waals surface area contributed by atoms with Crippen molar-refractivity contribution in [3.8, 4) is 0 Å². The third-order valence-corrected chi connectivity index (χ3v) is 3.26. The lowest BCUT2D eigenvalue weighted by Gasteiger charge is -2.19. The van der Waals surface area contributed by atoms with E-state index in [1.165, 1.54) is 0 Å². The molecule has 0 saturated carbocycles. The van der Waals surface area contributed by atoms with Crippen LogP contribution in [0.3, 0.4) is 0 Å². The summed E-state index contributed by atoms with van der Waals surface area (Å²) in [6.07, 6.45) is 1.88. The van der Waals surface area contributed by atoms with Crippen LogP contribution in [0.25, 0.3) is 0 Å². The molecule has 1 atom stereocenters. The monoisotopic (exact) mass is 203 g/mol. The predicted molar refractivity (Wildman–Crippen MR) is 54.9 cm³/mol. The molecule has 0 aromatic rings. The molecule has 4 heteroatoms. The van der Waals surface area contributed by atoms with Crippen molar-refractivity contribution in [2.75, 3.05) is 18.2 Å². The maximum absolute atomic E-state index is 11.4. The largest absolute Gasteiger partial charge is 0.449 e. The van der Waals surface area contributed by atoms with E-state index in [1.54, 1.807) is 16.7 Å². The Labute approximate surface area is 83.8 Å². The first-order chi connectivity index (χ1) is 6.25. The highest BCUT2D eigenvalue weighted by Gasteiger charge is 2.26. The van der Waals surface area contributed by atoms with Crippen molar-refractivity contribution < 1.29 is 9.53 Å². The van der Waals surface area contributed by atoms with Gasteiger partial charge in [0.25, 0.3) is 0 Å². The number of carbonyl (C=O) groups excluding carboxylic acids is 1. The second kappa shape index (κ2) is 5.37. The molecule has 0 aromatic carbocycles. The molecular formula is C9H17NO2S. The summed E-state index contributed by atoms with van der Waals surface area (Å²) in [4.78, 5) is 13.2. The van der Waals surface area contributed by atoms with Crippen molar-refractivity contribution in [1.82, 2.24) is 4.90 Å². The van der Waals surface area contributed by atoms with Crippen LogP contribution in [0.15, 0.2) is 0 Å². The molecule has 3 nitrogen and oxygen atoms in total. The highest BCUT2D eigenvalue weighted by atomic mass is 32.2. The lowest BCUT2D eigenvalue weighted by molar-refractivity contribution is 0.102. The van der Waals surface area contributed by atoms with Gasteiger partial charge >= 0.3 is 6.09 Å². The minimum absolute atomic E-state index is 0.147. The first-order valence-corrected chi connectivity index (χ1v) is 5.92. The first-order valence-electron chi connectivity index (χ1n) is 4.77. The molecule has 0 spiro atoms. The Morgan fingerprint density at radius 2 is 2.46 bits per heavy atom. The van der Waals surface area contributed by atoms with E-state index in [2.05, 4.69) is 13.8 Å². The molecule has 1 fully saturated rings. The molecule has 0 N–H and O–H groups in total. The molecule has 13 heavy (non-hydrogen) atoms. The number of rotatable bonds is 3. The molecule has 1 heterocycles. The van der Waals surface area contributed by atoms with Gasteiger partial charge in [0, 0.05) is 11.8 Å². The summed E-state index contributed by atoms with van der Waals surface area (Å²) < 4.78 is 5.11. The Kier molecular flexibility index (Phi) is 4.42. The van der Waals surface area contributed by atoms with Gasteiger partial charge in [-0.25, -0.2) is 4.79 Å². The predicted octanol–water partition coefficient (Wildman–Crippen LogP) is 2.32. The Morgan fingerprint density at radius 3 is 3.00 bits per heavy atom. The zero-order valence-electron chi connectivity index (χ0n) is 8.28. The van der Waals surface area contributed by atoms with Crippen molar-refractivity contribution in [1.29, 1.82) is 0 Å². The lowest BCUT2D eigenvalue weighted by atomic mass is 10.3. The molecule has 1 saturated heterocycles. The summed E-state index contributed by atoms with van der Waals surface area (Å²) in [6, 6.07) is 0.333. The number of amides is 1. The van der Waals surface area contributed by atoms with Gasteiger partial charge < -0.3 is 4.74 Å². The third kappa shape index (κ3) is 3.10.